The van der Waals surface area contributed by atoms with E-state index in [1.165, 1.54) is 12.1 Å². The minimum atomic E-state index is -4.97. The first-order valence-corrected chi connectivity index (χ1v) is 6.49. The van der Waals surface area contributed by atoms with Crippen molar-refractivity contribution in [2.45, 2.75) is 13.8 Å². The molecule has 0 fully saturated rings. The Kier molecular flexibility index (Phi) is 4.35. The summed E-state index contributed by atoms with van der Waals surface area (Å²) in [4.78, 5) is 22.9. The van der Waals surface area contributed by atoms with E-state index in [0.717, 1.165) is 18.8 Å². The molecule has 1 aromatic rings. The van der Waals surface area contributed by atoms with Crippen molar-refractivity contribution in [3.8, 4) is 5.75 Å². The molecule has 0 amide bonds. The van der Waals surface area contributed by atoms with Gasteiger partial charge in [0.2, 0.25) is 0 Å². The summed E-state index contributed by atoms with van der Waals surface area (Å²) in [7, 11) is -4.97. The van der Waals surface area contributed by atoms with Crippen molar-refractivity contribution >= 4 is 13.5 Å². The second-order valence-corrected chi connectivity index (χ2v) is 4.29. The predicted octanol–water partition coefficient (Wildman–Crippen LogP) is 0.740. The number of benzene rings is 1. The molecule has 5 nitrogen and oxygen atoms in total. The van der Waals surface area contributed by atoms with Crippen LogP contribution >= 0.6 is 7.82 Å². The van der Waals surface area contributed by atoms with Crippen molar-refractivity contribution in [2.24, 2.45) is 0 Å². The van der Waals surface area contributed by atoms with E-state index in [1.54, 1.807) is 6.07 Å². The molecule has 0 aliphatic carbocycles. The van der Waals surface area contributed by atoms with Gasteiger partial charge in [0.05, 0.1) is 0 Å². The van der Waals surface area contributed by atoms with Crippen molar-refractivity contribution in [3.05, 3.63) is 24.3 Å². The molecular formula is C10H14NO4P-2. The van der Waals surface area contributed by atoms with Crippen LogP contribution in [0.1, 0.15) is 13.8 Å². The number of rotatable bonds is 5. The molecule has 0 radical (unpaired) electrons. The van der Waals surface area contributed by atoms with Gasteiger partial charge >= 0.3 is 0 Å². The van der Waals surface area contributed by atoms with Gasteiger partial charge in [0.1, 0.15) is 13.6 Å². The molecule has 1 rings (SSSR count). The number of hydrogen-bond acceptors (Lipinski definition) is 5. The zero-order valence-electron chi connectivity index (χ0n) is 9.25. The molecule has 6 heteroatoms. The third-order valence-electron chi connectivity index (χ3n) is 2.16. The van der Waals surface area contributed by atoms with Gasteiger partial charge in [-0.15, -0.1) is 0 Å². The number of phosphoric acid groups is 1. The molecule has 0 N–H and O–H groups in total. The lowest BCUT2D eigenvalue weighted by Crippen LogP contribution is -2.22. The molecule has 0 atom stereocenters. The van der Waals surface area contributed by atoms with Gasteiger partial charge in [0.15, 0.2) is 0 Å². The maximum Gasteiger partial charge on any atom is 0.126 e. The summed E-state index contributed by atoms with van der Waals surface area (Å²) < 4.78 is 14.8. The van der Waals surface area contributed by atoms with Crippen LogP contribution in [0.15, 0.2) is 24.3 Å². The van der Waals surface area contributed by atoms with Crippen LogP contribution in [-0.2, 0) is 4.57 Å². The number of anilines is 1. The van der Waals surface area contributed by atoms with E-state index < -0.39 is 7.82 Å². The summed E-state index contributed by atoms with van der Waals surface area (Å²) in [5.41, 5.74) is 0.830. The largest absolute Gasteiger partial charge is 0.780 e. The number of nitrogens with zero attached hydrogens (tertiary/aromatic N) is 1. The summed E-state index contributed by atoms with van der Waals surface area (Å²) in [5.74, 6) is 0.0535. The van der Waals surface area contributed by atoms with Gasteiger partial charge in [-0.1, -0.05) is 6.07 Å². The van der Waals surface area contributed by atoms with Crippen LogP contribution in [-0.4, -0.2) is 13.1 Å². The van der Waals surface area contributed by atoms with E-state index in [4.69, 9.17) is 0 Å². The first-order chi connectivity index (χ1) is 7.46. The fourth-order valence-electron chi connectivity index (χ4n) is 1.45. The van der Waals surface area contributed by atoms with Crippen molar-refractivity contribution in [3.63, 3.8) is 0 Å². The maximum atomic E-state index is 10.5. The molecule has 0 spiro atoms. The molecule has 0 aromatic heterocycles. The smallest absolute Gasteiger partial charge is 0.126 e. The van der Waals surface area contributed by atoms with Crippen LogP contribution < -0.4 is 19.2 Å². The van der Waals surface area contributed by atoms with Crippen LogP contribution in [0.3, 0.4) is 0 Å². The average Bonchev–Trinajstić information content (AvgIpc) is 2.17. The molecule has 16 heavy (non-hydrogen) atoms. The van der Waals surface area contributed by atoms with Crippen LogP contribution in [0.25, 0.3) is 0 Å². The summed E-state index contributed by atoms with van der Waals surface area (Å²) in [5, 5.41) is 0. The molecule has 90 valence electrons. The highest BCUT2D eigenvalue weighted by Gasteiger charge is 2.03. The van der Waals surface area contributed by atoms with E-state index >= 15 is 0 Å². The lowest BCUT2D eigenvalue weighted by atomic mass is 10.2. The van der Waals surface area contributed by atoms with E-state index in [9.17, 15) is 14.4 Å². The Morgan fingerprint density at radius 3 is 2.44 bits per heavy atom. The summed E-state index contributed by atoms with van der Waals surface area (Å²) >= 11 is 0. The standard InChI is InChI=1S/C10H16NO4P/c1-3-11(4-2)9-6-5-7-10(8-9)15-16(12,13)14/h5-8H,3-4H2,1-2H3,(H2,12,13,14)/p-2. The number of hydrogen-bond donors (Lipinski definition) is 0. The zero-order valence-corrected chi connectivity index (χ0v) is 10.1. The monoisotopic (exact) mass is 243 g/mol. The van der Waals surface area contributed by atoms with Crippen LogP contribution in [0.2, 0.25) is 0 Å². The molecular weight excluding hydrogens is 229 g/mol. The van der Waals surface area contributed by atoms with Crippen LogP contribution in [0.5, 0.6) is 5.75 Å². The Labute approximate surface area is 94.9 Å². The highest BCUT2D eigenvalue weighted by molar-refractivity contribution is 7.43. The topological polar surface area (TPSA) is 75.7 Å². The van der Waals surface area contributed by atoms with E-state index in [1.807, 2.05) is 24.8 Å². The lowest BCUT2D eigenvalue weighted by Gasteiger charge is -2.29. The summed E-state index contributed by atoms with van der Waals surface area (Å²) in [6.45, 7) is 5.57. The first-order valence-electron chi connectivity index (χ1n) is 5.03. The fourth-order valence-corrected chi connectivity index (χ4v) is 1.83. The zero-order chi connectivity index (χ0) is 12.2. The second kappa shape index (κ2) is 5.34. The van der Waals surface area contributed by atoms with E-state index in [2.05, 4.69) is 4.52 Å². The summed E-state index contributed by atoms with van der Waals surface area (Å²) in [6.07, 6.45) is 0. The minimum Gasteiger partial charge on any atom is -0.780 e. The Balaban J connectivity index is 2.90. The Hall–Kier alpha value is -1.03. The average molecular weight is 243 g/mol. The van der Waals surface area contributed by atoms with Gasteiger partial charge in [-0.25, -0.2) is 0 Å². The van der Waals surface area contributed by atoms with Gasteiger partial charge < -0.3 is 23.8 Å². The van der Waals surface area contributed by atoms with Crippen LogP contribution in [0, 0.1) is 0 Å². The highest BCUT2D eigenvalue weighted by Crippen LogP contribution is 2.31. The van der Waals surface area contributed by atoms with Gasteiger partial charge in [0.25, 0.3) is 0 Å². The Bertz CT molecular complexity index is 386. The normalized spacial score (nSPS) is 11.2. The van der Waals surface area contributed by atoms with Crippen LogP contribution in [0.4, 0.5) is 5.69 Å². The third-order valence-corrected chi connectivity index (χ3v) is 2.60. The molecule has 0 aliphatic heterocycles. The minimum absolute atomic E-state index is 0.0535. The second-order valence-electron chi connectivity index (χ2n) is 3.21. The summed E-state index contributed by atoms with van der Waals surface area (Å²) in [6, 6.07) is 6.46. The number of phosphoric ester groups is 1. The molecule has 1 aromatic carbocycles. The first kappa shape index (κ1) is 13.0. The quantitative estimate of drug-likeness (QED) is 0.713. The van der Waals surface area contributed by atoms with Gasteiger partial charge in [-0.2, -0.15) is 0 Å². The third kappa shape index (κ3) is 3.85. The molecule has 0 unspecified atom stereocenters. The van der Waals surface area contributed by atoms with Gasteiger partial charge in [-0.05, 0) is 26.0 Å². The maximum absolute atomic E-state index is 10.5. The molecule has 0 bridgehead atoms. The van der Waals surface area contributed by atoms with E-state index in [-0.39, 0.29) is 5.75 Å². The molecule has 0 heterocycles. The Morgan fingerprint density at radius 2 is 1.94 bits per heavy atom. The van der Waals surface area contributed by atoms with Crippen molar-refractivity contribution in [2.75, 3.05) is 18.0 Å². The lowest BCUT2D eigenvalue weighted by molar-refractivity contribution is -0.333. The van der Waals surface area contributed by atoms with Gasteiger partial charge in [0, 0.05) is 24.8 Å². The van der Waals surface area contributed by atoms with Crippen molar-refractivity contribution < 1.29 is 18.9 Å². The van der Waals surface area contributed by atoms with Gasteiger partial charge in [-0.3, -0.25) is 0 Å². The molecule has 0 aliphatic rings. The fraction of sp³-hybridized carbons (Fsp3) is 0.400. The SMILES string of the molecule is CCN(CC)c1cccc(OP(=O)([O-])[O-])c1. The van der Waals surface area contributed by atoms with Crippen molar-refractivity contribution in [1.82, 2.24) is 0 Å². The predicted molar refractivity (Wildman–Crippen MR) is 58.2 cm³/mol. The Morgan fingerprint density at radius 1 is 1.31 bits per heavy atom. The highest BCUT2D eigenvalue weighted by atomic mass is 31.2. The molecule has 0 saturated heterocycles. The van der Waals surface area contributed by atoms with E-state index in [0.29, 0.717) is 0 Å². The van der Waals surface area contributed by atoms with Crippen molar-refractivity contribution in [1.29, 1.82) is 0 Å². The molecule has 0 saturated carbocycles.